The van der Waals surface area contributed by atoms with Crippen LogP contribution in [0, 0.1) is 23.7 Å². The first-order valence-electron chi connectivity index (χ1n) is 17.9. The van der Waals surface area contributed by atoms with Crippen molar-refractivity contribution in [3.05, 3.63) is 69.3 Å². The fraction of sp³-hybridized carbons (Fsp3) is 0.618. The van der Waals surface area contributed by atoms with Crippen molar-refractivity contribution in [2.45, 2.75) is 35.1 Å². The van der Waals surface area contributed by atoms with E-state index < -0.39 is 52.6 Å². The zero-order valence-corrected chi connectivity index (χ0v) is 41.3. The Hall–Kier alpha value is -4.01. The molecule has 11 N–H and O–H groups in total. The Morgan fingerprint density at radius 3 is 1.22 bits per heavy atom. The highest BCUT2D eigenvalue weighted by Gasteiger charge is 2.24. The monoisotopic (exact) mass is 1040 g/mol. The van der Waals surface area contributed by atoms with Crippen molar-refractivity contribution < 1.29 is 38.7 Å². The molecular weight excluding hydrogens is 974 g/mol. The molecule has 0 rings (SSSR count). The van der Waals surface area contributed by atoms with E-state index in [1.165, 1.54) is 19.9 Å². The van der Waals surface area contributed by atoms with Crippen LogP contribution in [-0.4, -0.2) is 120 Å². The van der Waals surface area contributed by atoms with Crippen molar-refractivity contribution in [1.82, 2.24) is 10.6 Å². The highest BCUT2D eigenvalue weighted by atomic mass is 35.5. The van der Waals surface area contributed by atoms with Crippen molar-refractivity contribution in [2.75, 3.05) is 73.8 Å². The molecule has 0 aliphatic heterocycles. The molecule has 4 unspecified atom stereocenters. The highest BCUT2D eigenvalue weighted by molar-refractivity contribution is 8.77. The summed E-state index contributed by atoms with van der Waals surface area (Å²) in [4.78, 5) is 80.8. The van der Waals surface area contributed by atoms with E-state index in [2.05, 4.69) is 66.2 Å². The number of carboxylic acids is 1. The Morgan fingerprint density at radius 2 is 0.953 bits per heavy atom. The lowest BCUT2D eigenvalue weighted by molar-refractivity contribution is -0.145. The zero-order valence-electron chi connectivity index (χ0n) is 35.6. The molecule has 0 saturated carbocycles. The number of azide groups is 3. The van der Waals surface area contributed by atoms with Gasteiger partial charge in [0.25, 0.3) is 0 Å². The molecule has 0 aromatic carbocycles. The largest absolute Gasteiger partial charge is 0.481 e. The lowest BCUT2D eigenvalue weighted by atomic mass is 9.95. The predicted octanol–water partition coefficient (Wildman–Crippen LogP) is 6.23. The molecule has 0 fully saturated rings. The number of nitrogens with zero attached hydrogens (tertiary/aromatic N) is 9. The first-order chi connectivity index (χ1) is 29.7. The summed E-state index contributed by atoms with van der Waals surface area (Å²) in [6.07, 6.45) is 3.35. The van der Waals surface area contributed by atoms with Gasteiger partial charge in [0.2, 0.25) is 34.8 Å². The lowest BCUT2D eigenvalue weighted by Crippen LogP contribution is -2.38. The summed E-state index contributed by atoms with van der Waals surface area (Å²) in [6, 6.07) is 0. The summed E-state index contributed by atoms with van der Waals surface area (Å²) in [5, 5.41) is 23.5. The van der Waals surface area contributed by atoms with Crippen LogP contribution in [0.25, 0.3) is 31.3 Å². The maximum absolute atomic E-state index is 11.7. The van der Waals surface area contributed by atoms with Crippen LogP contribution in [0.4, 0.5) is 0 Å². The second kappa shape index (κ2) is 59.0. The normalized spacial score (nSPS) is 10.7. The Labute approximate surface area is 404 Å². The molecule has 0 radical (unpaired) electrons. The molecule has 0 heterocycles. The molecule has 0 aromatic rings. The van der Waals surface area contributed by atoms with Gasteiger partial charge in [0.05, 0.1) is 5.92 Å². The quantitative estimate of drug-likeness (QED) is 0.00830. The van der Waals surface area contributed by atoms with E-state index in [1.807, 2.05) is 0 Å². The number of allylic oxidation sites excluding steroid dienone is 1. The summed E-state index contributed by atoms with van der Waals surface area (Å²) in [7, 11) is 9.86. The van der Waals surface area contributed by atoms with Gasteiger partial charge in [-0.25, -0.2) is 0 Å². The summed E-state index contributed by atoms with van der Waals surface area (Å²) in [6.45, 7) is 19.2. The first kappa shape index (κ1) is 74.3. The minimum atomic E-state index is -0.994. The standard InChI is InChI=1S/C10H19N5O2S2.C7H12N4OS2.C6H11NO3.C4H10N4S2.C3H3ClO.C3H5NO.CH4/c1-7(9(11)16)8(2)10(17)13-3-5-18-19-6-4-14-15-12;1-2-7(12)9-3-5-13-14-6-4-10-11-8;1-3(5(7)8)4(2)6(9)10;5-1-3-9-10-4-2-7-8-6;2*1-2-3(4)5;/h7-8H,3-6H2,1-2H3,(H2,11,16)(H,13,17);2H,1,3-6H2,(H,9,12);3-4H,1-2H3,(H2,7,8)(H,9,10);1-5H2;2H,1H2;2H,1H2,(H2,4,5);1H4. The minimum absolute atomic E-state index is 0. The number of amides is 5. The van der Waals surface area contributed by atoms with Gasteiger partial charge in [-0.1, -0.05) is 135 Å². The Kier molecular flexibility index (Phi) is 68.5. The third-order valence-electron chi connectivity index (χ3n) is 6.18. The average molecular weight is 1040 g/mol. The van der Waals surface area contributed by atoms with Gasteiger partial charge in [-0.15, -0.1) is 0 Å². The van der Waals surface area contributed by atoms with Crippen molar-refractivity contribution in [3.8, 4) is 0 Å². The average Bonchev–Trinajstić information content (AvgIpc) is 3.26. The molecule has 0 aliphatic rings. The van der Waals surface area contributed by atoms with E-state index in [4.69, 9.17) is 50.5 Å². The molecule has 0 saturated heterocycles. The van der Waals surface area contributed by atoms with Gasteiger partial charge in [-0.05, 0) is 46.4 Å². The third-order valence-corrected chi connectivity index (χ3v) is 13.5. The van der Waals surface area contributed by atoms with E-state index in [1.54, 1.807) is 78.6 Å². The minimum Gasteiger partial charge on any atom is -0.481 e. The molecule has 0 aromatic heterocycles. The van der Waals surface area contributed by atoms with Crippen LogP contribution in [0.3, 0.4) is 0 Å². The smallest absolute Gasteiger partial charge is 0.307 e. The van der Waals surface area contributed by atoms with Crippen molar-refractivity contribution in [3.63, 3.8) is 0 Å². The van der Waals surface area contributed by atoms with Crippen LogP contribution < -0.4 is 33.6 Å². The van der Waals surface area contributed by atoms with E-state index in [0.29, 0.717) is 39.3 Å². The first-order valence-corrected chi connectivity index (χ1v) is 25.8. The second-order valence-electron chi connectivity index (χ2n) is 10.8. The number of carboxylic acid groups (broad SMARTS) is 1. The van der Waals surface area contributed by atoms with Gasteiger partial charge >= 0.3 is 5.97 Å². The van der Waals surface area contributed by atoms with Crippen molar-refractivity contribution >= 4 is 117 Å². The fourth-order valence-electron chi connectivity index (χ4n) is 2.37. The number of primary amides is 3. The molecule has 5 amide bonds. The van der Waals surface area contributed by atoms with Gasteiger partial charge in [0.15, 0.2) is 0 Å². The number of aliphatic carboxylic acids is 1. The van der Waals surface area contributed by atoms with E-state index in [0.717, 1.165) is 46.7 Å². The lowest BCUT2D eigenvalue weighted by Gasteiger charge is -2.16. The third kappa shape index (κ3) is 67.1. The second-order valence-corrected chi connectivity index (χ2v) is 19.3. The van der Waals surface area contributed by atoms with Crippen LogP contribution >= 0.6 is 76.4 Å². The molecule has 366 valence electrons. The van der Waals surface area contributed by atoms with Crippen LogP contribution in [0.15, 0.2) is 53.3 Å². The molecule has 4 atom stereocenters. The van der Waals surface area contributed by atoms with Crippen LogP contribution in [0.1, 0.15) is 35.1 Å². The SMILES string of the molecule is C.C=CC(=O)Cl.C=CC(=O)NCCSSCCN=[N+]=[N-].C=CC(N)=O.CC(C(N)=O)C(C)C(=O)NCCSSCCN=[N+]=[N-].CC(C(N)=O)C(C)C(=O)O.[N-]=[N+]=NCCSSCCN. The molecule has 64 heavy (non-hydrogen) atoms. The summed E-state index contributed by atoms with van der Waals surface area (Å²) < 4.78 is 0. The van der Waals surface area contributed by atoms with Gasteiger partial charge in [-0.2, -0.15) is 0 Å². The topological polar surface area (TPSA) is 414 Å². The Bertz CT molecular complexity index is 1460. The van der Waals surface area contributed by atoms with Crippen molar-refractivity contribution in [2.24, 2.45) is 61.9 Å². The number of hydrogen-bond donors (Lipinski definition) is 7. The number of carbonyl (C=O) groups excluding carboxylic acids is 6. The molecule has 0 spiro atoms. The van der Waals surface area contributed by atoms with Crippen LogP contribution in [0.2, 0.25) is 0 Å². The fourth-order valence-corrected chi connectivity index (χ4v) is 7.59. The van der Waals surface area contributed by atoms with Gasteiger partial charge < -0.3 is 38.7 Å². The highest BCUT2D eigenvalue weighted by Crippen LogP contribution is 2.21. The number of halogens is 1. The number of rotatable bonds is 29. The van der Waals surface area contributed by atoms with Crippen molar-refractivity contribution in [1.29, 1.82) is 0 Å². The number of carbonyl (C=O) groups is 7. The summed E-state index contributed by atoms with van der Waals surface area (Å²) in [5.41, 5.74) is 43.7. The predicted molar refractivity (Wildman–Crippen MR) is 272 cm³/mol. The molecule has 0 aliphatic carbocycles. The molecule has 30 heteroatoms. The Balaban J connectivity index is -0.000000129. The van der Waals surface area contributed by atoms with Crippen LogP contribution in [0.5, 0.6) is 0 Å². The molecular formula is C34H64ClN15O8S6. The Morgan fingerprint density at radius 1 is 0.625 bits per heavy atom. The van der Waals surface area contributed by atoms with Crippen LogP contribution in [-0.2, 0) is 33.6 Å². The molecule has 23 nitrogen and oxygen atoms in total. The van der Waals surface area contributed by atoms with E-state index >= 15 is 0 Å². The summed E-state index contributed by atoms with van der Waals surface area (Å²) in [5.74, 6) is -0.0453. The number of nitrogens with two attached hydrogens (primary N) is 4. The van der Waals surface area contributed by atoms with E-state index in [-0.39, 0.29) is 19.2 Å². The van der Waals surface area contributed by atoms with Gasteiger partial charge in [0.1, 0.15) is 0 Å². The maximum Gasteiger partial charge on any atom is 0.307 e. The number of hydrogen-bond acceptors (Lipinski definition) is 17. The zero-order chi connectivity index (χ0) is 49.9. The van der Waals surface area contributed by atoms with Gasteiger partial charge in [-0.3, -0.25) is 33.6 Å². The van der Waals surface area contributed by atoms with Gasteiger partial charge in [0, 0.05) is 106 Å². The number of nitrogens with one attached hydrogen (secondary N) is 2. The van der Waals surface area contributed by atoms with E-state index in [9.17, 15) is 33.6 Å². The molecule has 0 bridgehead atoms. The maximum atomic E-state index is 11.7. The summed E-state index contributed by atoms with van der Waals surface area (Å²) >= 11 is 4.71.